The average Bonchev–Trinajstić information content (AvgIpc) is 2.92. The van der Waals surface area contributed by atoms with Gasteiger partial charge in [0.15, 0.2) is 0 Å². The van der Waals surface area contributed by atoms with E-state index in [1.54, 1.807) is 6.20 Å². The molecule has 0 saturated carbocycles. The summed E-state index contributed by atoms with van der Waals surface area (Å²) in [5.41, 5.74) is 2.71. The fourth-order valence-electron chi connectivity index (χ4n) is 1.76. The first kappa shape index (κ1) is 13.1. The third kappa shape index (κ3) is 3.58. The van der Waals surface area contributed by atoms with E-state index in [9.17, 15) is 4.79 Å². The van der Waals surface area contributed by atoms with Gasteiger partial charge in [0.05, 0.1) is 0 Å². The van der Waals surface area contributed by atoms with Gasteiger partial charge in [-0.2, -0.15) is 5.10 Å². The molecule has 0 aliphatic heterocycles. The van der Waals surface area contributed by atoms with Crippen LogP contribution < -0.4 is 10.2 Å². The number of hydrogen-bond donors (Lipinski definition) is 2. The first-order valence-corrected chi connectivity index (χ1v) is 6.20. The van der Waals surface area contributed by atoms with E-state index in [-0.39, 0.29) is 5.91 Å². The molecule has 5 nitrogen and oxygen atoms in total. The Morgan fingerprint density at radius 2 is 2.21 bits per heavy atom. The number of aromatic amines is 1. The highest BCUT2D eigenvalue weighted by Gasteiger charge is 2.06. The number of H-pyrrole nitrogens is 1. The van der Waals surface area contributed by atoms with Gasteiger partial charge in [-0.3, -0.25) is 9.89 Å². The van der Waals surface area contributed by atoms with Gasteiger partial charge in [-0.15, -0.1) is 0 Å². The van der Waals surface area contributed by atoms with Crippen LogP contribution in [-0.2, 0) is 6.42 Å². The number of anilines is 1. The maximum Gasteiger partial charge on any atom is 0.251 e. The Labute approximate surface area is 112 Å². The number of carbonyl (C=O) groups excluding carboxylic acids is 1. The average molecular weight is 258 g/mol. The summed E-state index contributed by atoms with van der Waals surface area (Å²) in [6, 6.07) is 9.46. The van der Waals surface area contributed by atoms with Crippen LogP contribution in [0.25, 0.3) is 0 Å². The molecule has 1 aromatic carbocycles. The molecule has 1 aromatic heterocycles. The number of nitrogens with zero attached hydrogens (tertiary/aromatic N) is 2. The Morgan fingerprint density at radius 3 is 2.89 bits per heavy atom. The van der Waals surface area contributed by atoms with Crippen molar-refractivity contribution in [2.75, 3.05) is 25.5 Å². The van der Waals surface area contributed by atoms with Crippen molar-refractivity contribution in [3.8, 4) is 0 Å². The van der Waals surface area contributed by atoms with Crippen molar-refractivity contribution in [2.24, 2.45) is 0 Å². The minimum absolute atomic E-state index is 0.0526. The van der Waals surface area contributed by atoms with Gasteiger partial charge in [0.1, 0.15) is 0 Å². The molecule has 2 rings (SSSR count). The Bertz CT molecular complexity index is 534. The lowest BCUT2D eigenvalue weighted by Crippen LogP contribution is -2.26. The van der Waals surface area contributed by atoms with E-state index in [0.29, 0.717) is 12.1 Å². The molecule has 0 aliphatic carbocycles. The SMILES string of the molecule is CN(C)c1cccc(C(=O)NCCc2ccn[nH]2)c1. The van der Waals surface area contributed by atoms with E-state index >= 15 is 0 Å². The molecule has 100 valence electrons. The smallest absolute Gasteiger partial charge is 0.251 e. The van der Waals surface area contributed by atoms with Crippen molar-refractivity contribution >= 4 is 11.6 Å². The third-order valence-corrected chi connectivity index (χ3v) is 2.86. The molecule has 2 N–H and O–H groups in total. The van der Waals surface area contributed by atoms with Crippen LogP contribution in [0, 0.1) is 0 Å². The predicted octanol–water partition coefficient (Wildman–Crippen LogP) is 1.45. The fraction of sp³-hybridized carbons (Fsp3) is 0.286. The maximum absolute atomic E-state index is 12.0. The van der Waals surface area contributed by atoms with Crippen LogP contribution in [0.4, 0.5) is 5.69 Å². The summed E-state index contributed by atoms with van der Waals surface area (Å²) in [6.45, 7) is 0.590. The van der Waals surface area contributed by atoms with Gasteiger partial charge in [-0.1, -0.05) is 6.07 Å². The quantitative estimate of drug-likeness (QED) is 0.853. The highest BCUT2D eigenvalue weighted by molar-refractivity contribution is 5.95. The van der Waals surface area contributed by atoms with E-state index in [0.717, 1.165) is 17.8 Å². The highest BCUT2D eigenvalue weighted by Crippen LogP contribution is 2.13. The van der Waals surface area contributed by atoms with Crippen LogP contribution in [0.2, 0.25) is 0 Å². The van der Waals surface area contributed by atoms with Gasteiger partial charge in [0.25, 0.3) is 5.91 Å². The fourth-order valence-corrected chi connectivity index (χ4v) is 1.76. The first-order valence-electron chi connectivity index (χ1n) is 6.20. The van der Waals surface area contributed by atoms with Crippen LogP contribution in [0.1, 0.15) is 16.1 Å². The van der Waals surface area contributed by atoms with Gasteiger partial charge < -0.3 is 10.2 Å². The van der Waals surface area contributed by atoms with Crippen LogP contribution in [0.3, 0.4) is 0 Å². The van der Waals surface area contributed by atoms with Gasteiger partial charge >= 0.3 is 0 Å². The Hall–Kier alpha value is -2.30. The molecular weight excluding hydrogens is 240 g/mol. The lowest BCUT2D eigenvalue weighted by Gasteiger charge is -2.13. The van der Waals surface area contributed by atoms with E-state index in [1.165, 1.54) is 0 Å². The molecule has 0 fully saturated rings. The minimum Gasteiger partial charge on any atom is -0.378 e. The second-order valence-electron chi connectivity index (χ2n) is 4.53. The second kappa shape index (κ2) is 6.04. The lowest BCUT2D eigenvalue weighted by atomic mass is 10.2. The molecule has 5 heteroatoms. The number of aromatic nitrogens is 2. The van der Waals surface area contributed by atoms with Gasteiger partial charge in [0.2, 0.25) is 0 Å². The number of hydrogen-bond acceptors (Lipinski definition) is 3. The zero-order valence-electron chi connectivity index (χ0n) is 11.2. The molecule has 19 heavy (non-hydrogen) atoms. The van der Waals surface area contributed by atoms with E-state index in [1.807, 2.05) is 49.3 Å². The lowest BCUT2D eigenvalue weighted by molar-refractivity contribution is 0.0954. The van der Waals surface area contributed by atoms with Crippen molar-refractivity contribution in [3.63, 3.8) is 0 Å². The summed E-state index contributed by atoms with van der Waals surface area (Å²) >= 11 is 0. The normalized spacial score (nSPS) is 10.2. The van der Waals surface area contributed by atoms with E-state index in [4.69, 9.17) is 0 Å². The Morgan fingerprint density at radius 1 is 1.37 bits per heavy atom. The standard InChI is InChI=1S/C14H18N4O/c1-18(2)13-5-3-4-11(10-13)14(19)15-8-6-12-7-9-16-17-12/h3-5,7,9-10H,6,8H2,1-2H3,(H,15,19)(H,16,17). The Kier molecular flexibility index (Phi) is 4.18. The van der Waals surface area contributed by atoms with E-state index < -0.39 is 0 Å². The molecule has 0 bridgehead atoms. The number of carbonyl (C=O) groups is 1. The molecule has 0 saturated heterocycles. The third-order valence-electron chi connectivity index (χ3n) is 2.86. The summed E-state index contributed by atoms with van der Waals surface area (Å²) in [6.07, 6.45) is 2.46. The largest absolute Gasteiger partial charge is 0.378 e. The zero-order chi connectivity index (χ0) is 13.7. The first-order chi connectivity index (χ1) is 9.16. The number of rotatable bonds is 5. The van der Waals surface area contributed by atoms with Crippen LogP contribution in [0.15, 0.2) is 36.5 Å². The molecule has 0 spiro atoms. The van der Waals surface area contributed by atoms with Crippen molar-refractivity contribution in [1.29, 1.82) is 0 Å². The molecule has 1 heterocycles. The molecule has 0 unspecified atom stereocenters. The minimum atomic E-state index is -0.0526. The monoisotopic (exact) mass is 258 g/mol. The topological polar surface area (TPSA) is 61.0 Å². The second-order valence-corrected chi connectivity index (χ2v) is 4.53. The number of nitrogens with one attached hydrogen (secondary N) is 2. The molecule has 0 aliphatic rings. The van der Waals surface area contributed by atoms with Crippen molar-refractivity contribution < 1.29 is 4.79 Å². The maximum atomic E-state index is 12.0. The number of benzene rings is 1. The Balaban J connectivity index is 1.90. The summed E-state index contributed by atoms with van der Waals surface area (Å²) in [4.78, 5) is 14.0. The van der Waals surface area contributed by atoms with Gasteiger partial charge in [-0.05, 0) is 24.3 Å². The van der Waals surface area contributed by atoms with Crippen molar-refractivity contribution in [1.82, 2.24) is 15.5 Å². The summed E-state index contributed by atoms with van der Waals surface area (Å²) < 4.78 is 0. The molecular formula is C14H18N4O. The van der Waals surface area contributed by atoms with Crippen LogP contribution in [0.5, 0.6) is 0 Å². The van der Waals surface area contributed by atoms with Crippen molar-refractivity contribution in [2.45, 2.75) is 6.42 Å². The molecule has 2 aromatic rings. The molecule has 0 radical (unpaired) electrons. The zero-order valence-corrected chi connectivity index (χ0v) is 11.2. The van der Waals surface area contributed by atoms with Crippen molar-refractivity contribution in [3.05, 3.63) is 47.8 Å². The van der Waals surface area contributed by atoms with Crippen LogP contribution >= 0.6 is 0 Å². The summed E-state index contributed by atoms with van der Waals surface area (Å²) in [5, 5.41) is 9.63. The molecule has 0 atom stereocenters. The van der Waals surface area contributed by atoms with E-state index in [2.05, 4.69) is 15.5 Å². The number of amides is 1. The molecule has 1 amide bonds. The summed E-state index contributed by atoms with van der Waals surface area (Å²) in [7, 11) is 3.91. The predicted molar refractivity (Wildman–Crippen MR) is 75.4 cm³/mol. The highest BCUT2D eigenvalue weighted by atomic mass is 16.1. The van der Waals surface area contributed by atoms with Gasteiger partial charge in [-0.25, -0.2) is 0 Å². The van der Waals surface area contributed by atoms with Crippen LogP contribution in [-0.4, -0.2) is 36.7 Å². The summed E-state index contributed by atoms with van der Waals surface area (Å²) in [5.74, 6) is -0.0526. The van der Waals surface area contributed by atoms with Gasteiger partial charge in [0, 0.05) is 50.2 Å².